The van der Waals surface area contributed by atoms with Crippen molar-refractivity contribution in [1.29, 1.82) is 0 Å². The van der Waals surface area contributed by atoms with Crippen molar-refractivity contribution in [3.8, 4) is 0 Å². The van der Waals surface area contributed by atoms with Gasteiger partial charge in [-0.1, -0.05) is 20.8 Å². The van der Waals surface area contributed by atoms with Crippen molar-refractivity contribution in [1.82, 2.24) is 4.98 Å². The molecule has 74 valence electrons. The van der Waals surface area contributed by atoms with Crippen LogP contribution in [0.2, 0.25) is 0 Å². The molecule has 0 aliphatic carbocycles. The maximum Gasteiger partial charge on any atom is 0.114 e. The normalized spacial score (nSPS) is 14.5. The van der Waals surface area contributed by atoms with Crippen molar-refractivity contribution in [3.63, 3.8) is 0 Å². The van der Waals surface area contributed by atoms with E-state index in [9.17, 15) is 4.21 Å². The lowest BCUT2D eigenvalue weighted by Crippen LogP contribution is -2.10. The maximum absolute atomic E-state index is 11.3. The average Bonchev–Trinajstić information content (AvgIpc) is 2.29. The van der Waals surface area contributed by atoms with E-state index in [0.717, 1.165) is 14.9 Å². The molecule has 4 heteroatoms. The molecular formula is C9H15NOS2. The fourth-order valence-electron chi connectivity index (χ4n) is 0.970. The largest absolute Gasteiger partial charge is 0.254 e. The first-order chi connectivity index (χ1) is 5.82. The number of rotatable bonds is 1. The second kappa shape index (κ2) is 3.50. The number of hydrogen-bond acceptors (Lipinski definition) is 3. The van der Waals surface area contributed by atoms with Crippen molar-refractivity contribution in [3.05, 3.63) is 10.7 Å². The molecule has 0 spiro atoms. The summed E-state index contributed by atoms with van der Waals surface area (Å²) >= 11 is 1.56. The third kappa shape index (κ3) is 2.38. The molecule has 1 atom stereocenters. The van der Waals surface area contributed by atoms with Crippen LogP contribution in [0.25, 0.3) is 0 Å². The van der Waals surface area contributed by atoms with Crippen LogP contribution in [0.1, 0.15) is 31.5 Å². The fraction of sp³-hybridized carbons (Fsp3) is 0.667. The lowest BCUT2D eigenvalue weighted by molar-refractivity contribution is 0.584. The Kier molecular flexibility index (Phi) is 2.92. The predicted molar refractivity (Wildman–Crippen MR) is 57.9 cm³/mol. The Morgan fingerprint density at radius 2 is 1.92 bits per heavy atom. The van der Waals surface area contributed by atoms with Crippen molar-refractivity contribution in [2.45, 2.75) is 37.3 Å². The Balaban J connectivity index is 3.17. The van der Waals surface area contributed by atoms with Crippen LogP contribution in [0.15, 0.2) is 4.21 Å². The highest BCUT2D eigenvalue weighted by atomic mass is 32.2. The predicted octanol–water partition coefficient (Wildman–Crippen LogP) is 2.49. The first-order valence-electron chi connectivity index (χ1n) is 4.13. The second-order valence-corrected chi connectivity index (χ2v) is 6.67. The Hall–Kier alpha value is -0.220. The Morgan fingerprint density at radius 3 is 2.15 bits per heavy atom. The summed E-state index contributed by atoms with van der Waals surface area (Å²) in [6.45, 7) is 8.28. The van der Waals surface area contributed by atoms with Crippen molar-refractivity contribution in [2.24, 2.45) is 0 Å². The molecule has 0 aliphatic heterocycles. The zero-order valence-corrected chi connectivity index (χ0v) is 10.3. The molecule has 0 aromatic carbocycles. The number of hydrogen-bond donors (Lipinski definition) is 0. The zero-order chi connectivity index (χ0) is 10.2. The Labute approximate surface area is 85.9 Å². The van der Waals surface area contributed by atoms with Gasteiger partial charge in [-0.15, -0.1) is 11.3 Å². The van der Waals surface area contributed by atoms with E-state index >= 15 is 0 Å². The minimum atomic E-state index is -0.898. The van der Waals surface area contributed by atoms with Gasteiger partial charge in [0.15, 0.2) is 0 Å². The van der Waals surface area contributed by atoms with Gasteiger partial charge in [0.2, 0.25) is 0 Å². The average molecular weight is 217 g/mol. The van der Waals surface area contributed by atoms with Crippen LogP contribution in [0, 0.1) is 6.92 Å². The fourth-order valence-corrected chi connectivity index (χ4v) is 3.00. The molecule has 13 heavy (non-hydrogen) atoms. The van der Waals surface area contributed by atoms with E-state index in [1.54, 1.807) is 17.6 Å². The molecule has 0 aliphatic rings. The molecule has 0 saturated carbocycles. The molecule has 0 fully saturated rings. The van der Waals surface area contributed by atoms with Gasteiger partial charge in [0, 0.05) is 11.7 Å². The third-order valence-electron chi connectivity index (χ3n) is 1.66. The first kappa shape index (κ1) is 10.9. The third-order valence-corrected chi connectivity index (χ3v) is 4.81. The van der Waals surface area contributed by atoms with E-state index in [1.165, 1.54) is 0 Å². The summed E-state index contributed by atoms with van der Waals surface area (Å²) in [5.74, 6) is 0. The number of nitrogens with zero attached hydrogens (tertiary/aromatic N) is 1. The highest BCUT2D eigenvalue weighted by Gasteiger charge is 2.21. The standard InChI is InChI=1S/C9H15NOS2/c1-6-7(13(5)11)12-8(10-6)9(2,3)4/h1-5H3. The minimum Gasteiger partial charge on any atom is -0.254 e. The van der Waals surface area contributed by atoms with Crippen LogP contribution in [0.5, 0.6) is 0 Å². The molecule has 0 bridgehead atoms. The maximum atomic E-state index is 11.3. The summed E-state index contributed by atoms with van der Waals surface area (Å²) < 4.78 is 12.2. The Bertz CT molecular complexity index is 336. The molecule has 2 nitrogen and oxygen atoms in total. The van der Waals surface area contributed by atoms with Crippen LogP contribution in [0.3, 0.4) is 0 Å². The summed E-state index contributed by atoms with van der Waals surface area (Å²) in [6, 6.07) is 0. The van der Waals surface area contributed by atoms with Gasteiger partial charge in [0.25, 0.3) is 0 Å². The van der Waals surface area contributed by atoms with E-state index in [4.69, 9.17) is 0 Å². The van der Waals surface area contributed by atoms with E-state index in [-0.39, 0.29) is 5.41 Å². The van der Waals surface area contributed by atoms with E-state index < -0.39 is 10.8 Å². The Morgan fingerprint density at radius 1 is 1.38 bits per heavy atom. The van der Waals surface area contributed by atoms with E-state index in [2.05, 4.69) is 25.8 Å². The summed E-state index contributed by atoms with van der Waals surface area (Å²) in [4.78, 5) is 4.43. The molecule has 1 rings (SSSR count). The van der Waals surface area contributed by atoms with Gasteiger partial charge in [-0.3, -0.25) is 4.21 Å². The van der Waals surface area contributed by atoms with Gasteiger partial charge in [0.1, 0.15) is 4.21 Å². The summed E-state index contributed by atoms with van der Waals surface area (Å²) in [5, 5.41) is 1.07. The van der Waals surface area contributed by atoms with Crippen molar-refractivity contribution in [2.75, 3.05) is 6.26 Å². The lowest BCUT2D eigenvalue weighted by Gasteiger charge is -2.13. The van der Waals surface area contributed by atoms with E-state index in [1.807, 2.05) is 6.92 Å². The summed E-state index contributed by atoms with van der Waals surface area (Å²) in [5.41, 5.74) is 0.975. The van der Waals surface area contributed by atoms with Gasteiger partial charge in [-0.05, 0) is 6.92 Å². The second-order valence-electron chi connectivity index (χ2n) is 4.10. The van der Waals surface area contributed by atoms with Gasteiger partial charge < -0.3 is 0 Å². The highest BCUT2D eigenvalue weighted by Crippen LogP contribution is 2.30. The van der Waals surface area contributed by atoms with Gasteiger partial charge >= 0.3 is 0 Å². The molecule has 1 aromatic rings. The summed E-state index contributed by atoms with van der Waals surface area (Å²) in [7, 11) is -0.898. The zero-order valence-electron chi connectivity index (χ0n) is 8.67. The SMILES string of the molecule is Cc1nc(C(C)(C)C)sc1S(C)=O. The van der Waals surface area contributed by atoms with Crippen LogP contribution in [0.4, 0.5) is 0 Å². The number of aromatic nitrogens is 1. The topological polar surface area (TPSA) is 30.0 Å². The molecule has 0 radical (unpaired) electrons. The van der Waals surface area contributed by atoms with Crippen LogP contribution in [-0.2, 0) is 16.2 Å². The quantitative estimate of drug-likeness (QED) is 0.723. The van der Waals surface area contributed by atoms with Gasteiger partial charge in [-0.25, -0.2) is 4.98 Å². The first-order valence-corrected chi connectivity index (χ1v) is 6.51. The van der Waals surface area contributed by atoms with Crippen LogP contribution >= 0.6 is 11.3 Å². The highest BCUT2D eigenvalue weighted by molar-refractivity contribution is 7.86. The van der Waals surface area contributed by atoms with Gasteiger partial charge in [0.05, 0.1) is 21.5 Å². The smallest absolute Gasteiger partial charge is 0.114 e. The molecule has 0 amide bonds. The minimum absolute atomic E-state index is 0.0625. The molecule has 1 aromatic heterocycles. The summed E-state index contributed by atoms with van der Waals surface area (Å²) in [6.07, 6.45) is 1.70. The molecular weight excluding hydrogens is 202 g/mol. The van der Waals surface area contributed by atoms with Crippen LogP contribution < -0.4 is 0 Å². The lowest BCUT2D eigenvalue weighted by atomic mass is 9.98. The number of thiazole rings is 1. The van der Waals surface area contributed by atoms with E-state index in [0.29, 0.717) is 0 Å². The molecule has 1 unspecified atom stereocenters. The molecule has 1 heterocycles. The monoisotopic (exact) mass is 217 g/mol. The van der Waals surface area contributed by atoms with Crippen molar-refractivity contribution >= 4 is 22.1 Å². The van der Waals surface area contributed by atoms with Gasteiger partial charge in [-0.2, -0.15) is 0 Å². The van der Waals surface area contributed by atoms with Crippen molar-refractivity contribution < 1.29 is 4.21 Å². The van der Waals surface area contributed by atoms with Crippen LogP contribution in [-0.4, -0.2) is 15.4 Å². The molecule has 0 N–H and O–H groups in total. The number of aryl methyl sites for hydroxylation is 1. The molecule has 0 saturated heterocycles.